The molecule has 15 heavy (non-hydrogen) atoms. The molecular weight excluding hydrogens is 192 g/mol. The molecule has 4 nitrogen and oxygen atoms in total. The third-order valence-electron chi connectivity index (χ3n) is 2.52. The minimum Gasteiger partial charge on any atom is -0.477 e. The highest BCUT2D eigenvalue weighted by Crippen LogP contribution is 2.14. The molecule has 1 aliphatic rings. The molecule has 0 aromatic carbocycles. The Hall–Kier alpha value is -1.13. The van der Waals surface area contributed by atoms with E-state index in [4.69, 9.17) is 15.2 Å². The smallest absolute Gasteiger partial charge is 0.213 e. The van der Waals surface area contributed by atoms with Crippen LogP contribution in [-0.4, -0.2) is 24.8 Å². The van der Waals surface area contributed by atoms with Crippen LogP contribution < -0.4 is 10.5 Å². The summed E-state index contributed by atoms with van der Waals surface area (Å²) in [5.74, 6) is 1.18. The zero-order valence-electron chi connectivity index (χ0n) is 8.69. The summed E-state index contributed by atoms with van der Waals surface area (Å²) in [6, 6.07) is 3.80. The first-order valence-corrected chi connectivity index (χ1v) is 5.24. The van der Waals surface area contributed by atoms with Gasteiger partial charge < -0.3 is 15.2 Å². The van der Waals surface area contributed by atoms with Gasteiger partial charge in [0, 0.05) is 31.3 Å². The summed E-state index contributed by atoms with van der Waals surface area (Å²) in [5, 5.41) is 0. The van der Waals surface area contributed by atoms with Crippen LogP contribution in [0.15, 0.2) is 18.3 Å². The molecule has 2 rings (SSSR count). The maximum atomic E-state index is 5.56. The monoisotopic (exact) mass is 208 g/mol. The van der Waals surface area contributed by atoms with Crippen LogP contribution in [0, 0.1) is 5.92 Å². The molecule has 82 valence electrons. The Morgan fingerprint density at radius 2 is 2.47 bits per heavy atom. The summed E-state index contributed by atoms with van der Waals surface area (Å²) >= 11 is 0. The molecule has 0 radical (unpaired) electrons. The van der Waals surface area contributed by atoms with Crippen LogP contribution >= 0.6 is 0 Å². The number of hydrogen-bond donors (Lipinski definition) is 1. The van der Waals surface area contributed by atoms with Gasteiger partial charge in [-0.15, -0.1) is 0 Å². The number of ether oxygens (including phenoxy) is 2. The van der Waals surface area contributed by atoms with E-state index in [1.54, 1.807) is 6.20 Å². The summed E-state index contributed by atoms with van der Waals surface area (Å²) in [5.41, 5.74) is 6.50. The molecule has 1 aliphatic heterocycles. The molecule has 0 aliphatic carbocycles. The largest absolute Gasteiger partial charge is 0.477 e. The first kappa shape index (κ1) is 10.4. The fourth-order valence-corrected chi connectivity index (χ4v) is 1.54. The first-order valence-electron chi connectivity index (χ1n) is 5.24. The summed E-state index contributed by atoms with van der Waals surface area (Å²) in [4.78, 5) is 4.17. The van der Waals surface area contributed by atoms with Crippen molar-refractivity contribution in [2.24, 2.45) is 11.7 Å². The lowest BCUT2D eigenvalue weighted by molar-refractivity contribution is 0.165. The Kier molecular flexibility index (Phi) is 3.53. The Labute approximate surface area is 89.4 Å². The Morgan fingerprint density at radius 3 is 3.07 bits per heavy atom. The SMILES string of the molecule is NCc1ccc(OCC2CCOC2)nc1. The van der Waals surface area contributed by atoms with Gasteiger partial charge in [-0.3, -0.25) is 0 Å². The van der Waals surface area contributed by atoms with Gasteiger partial charge in [0.15, 0.2) is 0 Å². The van der Waals surface area contributed by atoms with Gasteiger partial charge in [0.05, 0.1) is 13.2 Å². The van der Waals surface area contributed by atoms with Crippen molar-refractivity contribution in [3.63, 3.8) is 0 Å². The number of nitrogens with zero attached hydrogens (tertiary/aromatic N) is 1. The maximum Gasteiger partial charge on any atom is 0.213 e. The topological polar surface area (TPSA) is 57.4 Å². The summed E-state index contributed by atoms with van der Waals surface area (Å²) in [6.45, 7) is 2.87. The number of nitrogens with two attached hydrogens (primary N) is 1. The molecule has 2 heterocycles. The molecule has 0 spiro atoms. The van der Waals surface area contributed by atoms with Crippen molar-refractivity contribution >= 4 is 0 Å². The molecule has 0 amide bonds. The molecule has 1 saturated heterocycles. The van der Waals surface area contributed by atoms with Crippen molar-refractivity contribution in [3.05, 3.63) is 23.9 Å². The van der Waals surface area contributed by atoms with Gasteiger partial charge in [-0.25, -0.2) is 4.98 Å². The van der Waals surface area contributed by atoms with Crippen molar-refractivity contribution < 1.29 is 9.47 Å². The van der Waals surface area contributed by atoms with Crippen LogP contribution in [0.5, 0.6) is 5.88 Å². The molecule has 1 fully saturated rings. The molecular formula is C11H16N2O2. The van der Waals surface area contributed by atoms with Gasteiger partial charge in [-0.1, -0.05) is 6.07 Å². The van der Waals surface area contributed by atoms with E-state index in [1.165, 1.54) is 0 Å². The molecule has 1 aromatic heterocycles. The number of rotatable bonds is 4. The lowest BCUT2D eigenvalue weighted by Gasteiger charge is -2.09. The van der Waals surface area contributed by atoms with Crippen molar-refractivity contribution in [1.29, 1.82) is 0 Å². The Bertz CT molecular complexity index is 294. The quantitative estimate of drug-likeness (QED) is 0.800. The van der Waals surface area contributed by atoms with E-state index in [9.17, 15) is 0 Å². The standard InChI is InChI=1S/C11H16N2O2/c12-5-9-1-2-11(13-6-9)15-8-10-3-4-14-7-10/h1-2,6,10H,3-5,7-8,12H2. The van der Waals surface area contributed by atoms with Crippen LogP contribution in [0.4, 0.5) is 0 Å². The van der Waals surface area contributed by atoms with Gasteiger partial charge >= 0.3 is 0 Å². The van der Waals surface area contributed by atoms with Crippen LogP contribution in [0.3, 0.4) is 0 Å². The predicted octanol–water partition coefficient (Wildman–Crippen LogP) is 0.956. The fraction of sp³-hybridized carbons (Fsp3) is 0.545. The van der Waals surface area contributed by atoms with Gasteiger partial charge in [0.1, 0.15) is 0 Å². The van der Waals surface area contributed by atoms with Crippen molar-refractivity contribution in [2.75, 3.05) is 19.8 Å². The maximum absolute atomic E-state index is 5.56. The van der Waals surface area contributed by atoms with Crippen LogP contribution in [-0.2, 0) is 11.3 Å². The average Bonchev–Trinajstić information content (AvgIpc) is 2.80. The van der Waals surface area contributed by atoms with Gasteiger partial charge in [-0.2, -0.15) is 0 Å². The molecule has 2 N–H and O–H groups in total. The third-order valence-corrected chi connectivity index (χ3v) is 2.52. The third kappa shape index (κ3) is 2.91. The minimum absolute atomic E-state index is 0.515. The van der Waals surface area contributed by atoms with Crippen LogP contribution in [0.2, 0.25) is 0 Å². The van der Waals surface area contributed by atoms with E-state index in [0.29, 0.717) is 24.9 Å². The van der Waals surface area contributed by atoms with Crippen molar-refractivity contribution in [2.45, 2.75) is 13.0 Å². The highest BCUT2D eigenvalue weighted by Gasteiger charge is 2.16. The van der Waals surface area contributed by atoms with E-state index in [2.05, 4.69) is 4.98 Å². The molecule has 0 saturated carbocycles. The molecule has 1 unspecified atom stereocenters. The molecule has 0 bridgehead atoms. The van der Waals surface area contributed by atoms with E-state index < -0.39 is 0 Å². The summed E-state index contributed by atoms with van der Waals surface area (Å²) in [6.07, 6.45) is 2.83. The number of hydrogen-bond acceptors (Lipinski definition) is 4. The molecule has 4 heteroatoms. The lowest BCUT2D eigenvalue weighted by Crippen LogP contribution is -2.12. The van der Waals surface area contributed by atoms with Crippen LogP contribution in [0.1, 0.15) is 12.0 Å². The van der Waals surface area contributed by atoms with Gasteiger partial charge in [0.25, 0.3) is 0 Å². The second kappa shape index (κ2) is 5.09. The van der Waals surface area contributed by atoms with E-state index >= 15 is 0 Å². The van der Waals surface area contributed by atoms with E-state index in [1.807, 2.05) is 12.1 Å². The second-order valence-corrected chi connectivity index (χ2v) is 3.75. The molecule has 1 atom stereocenters. The second-order valence-electron chi connectivity index (χ2n) is 3.75. The predicted molar refractivity (Wildman–Crippen MR) is 56.5 cm³/mol. The van der Waals surface area contributed by atoms with E-state index in [0.717, 1.165) is 25.2 Å². The highest BCUT2D eigenvalue weighted by atomic mass is 16.5. The Balaban J connectivity index is 1.82. The average molecular weight is 208 g/mol. The Morgan fingerprint density at radius 1 is 1.53 bits per heavy atom. The van der Waals surface area contributed by atoms with Crippen LogP contribution in [0.25, 0.3) is 0 Å². The number of aromatic nitrogens is 1. The van der Waals surface area contributed by atoms with Gasteiger partial charge in [0.2, 0.25) is 5.88 Å². The zero-order chi connectivity index (χ0) is 10.5. The zero-order valence-corrected chi connectivity index (χ0v) is 8.69. The summed E-state index contributed by atoms with van der Waals surface area (Å²) < 4.78 is 10.8. The lowest BCUT2D eigenvalue weighted by atomic mass is 10.1. The highest BCUT2D eigenvalue weighted by molar-refractivity contribution is 5.17. The minimum atomic E-state index is 0.515. The molecule has 1 aromatic rings. The first-order chi connectivity index (χ1) is 7.38. The van der Waals surface area contributed by atoms with Crippen molar-refractivity contribution in [3.8, 4) is 5.88 Å². The number of pyridine rings is 1. The summed E-state index contributed by atoms with van der Waals surface area (Å²) in [7, 11) is 0. The normalized spacial score (nSPS) is 20.5. The van der Waals surface area contributed by atoms with Gasteiger partial charge in [-0.05, 0) is 12.0 Å². The fourth-order valence-electron chi connectivity index (χ4n) is 1.54. The van der Waals surface area contributed by atoms with Crippen molar-refractivity contribution in [1.82, 2.24) is 4.98 Å². The van der Waals surface area contributed by atoms with E-state index in [-0.39, 0.29) is 0 Å².